The van der Waals surface area contributed by atoms with E-state index < -0.39 is 5.60 Å². The van der Waals surface area contributed by atoms with Gasteiger partial charge in [-0.15, -0.1) is 0 Å². The predicted molar refractivity (Wildman–Crippen MR) is 114 cm³/mol. The van der Waals surface area contributed by atoms with E-state index in [9.17, 15) is 14.7 Å². The van der Waals surface area contributed by atoms with Crippen LogP contribution in [0, 0.1) is 0 Å². The second kappa shape index (κ2) is 8.03. The number of carbonyl (C=O) groups is 2. The largest absolute Gasteiger partial charge is 0.380 e. The summed E-state index contributed by atoms with van der Waals surface area (Å²) in [5, 5.41) is 10.0. The number of nitrogens with zero attached hydrogens (tertiary/aromatic N) is 2. The predicted octanol–water partition coefficient (Wildman–Crippen LogP) is 0.279. The van der Waals surface area contributed by atoms with E-state index in [1.165, 1.54) is 0 Å². The number of benzene rings is 2. The van der Waals surface area contributed by atoms with Gasteiger partial charge in [0.15, 0.2) is 0 Å². The average Bonchev–Trinajstić information content (AvgIpc) is 3.34. The topological polar surface area (TPSA) is 109 Å². The minimum atomic E-state index is -1.14. The highest BCUT2D eigenvalue weighted by molar-refractivity contribution is 5.95. The summed E-state index contributed by atoms with van der Waals surface area (Å²) >= 11 is 0. The first-order valence-electron chi connectivity index (χ1n) is 10.6. The Balaban J connectivity index is 1.20. The van der Waals surface area contributed by atoms with Crippen LogP contribution >= 0.6 is 0 Å². The van der Waals surface area contributed by atoms with Crippen molar-refractivity contribution in [3.8, 4) is 11.1 Å². The Labute approximate surface area is 180 Å². The monoisotopic (exact) mass is 422 g/mol. The summed E-state index contributed by atoms with van der Waals surface area (Å²) in [6.45, 7) is 1.90. The van der Waals surface area contributed by atoms with E-state index >= 15 is 0 Å². The summed E-state index contributed by atoms with van der Waals surface area (Å²) in [5.41, 5.74) is 14.4. The van der Waals surface area contributed by atoms with Crippen LogP contribution in [0.5, 0.6) is 0 Å². The van der Waals surface area contributed by atoms with Crippen molar-refractivity contribution >= 4 is 11.8 Å². The molecule has 1 saturated carbocycles. The maximum absolute atomic E-state index is 12.9. The molecule has 9 nitrogen and oxygen atoms in total. The SMILES string of the molecule is O=C(c1ccc(-c2ccc(C3NNNN3)cc2)cc1)N1CCN(C(=O)C2(O)CC2)CC1. The number of nitrogens with one attached hydrogen (secondary N) is 4. The Morgan fingerprint density at radius 2 is 1.32 bits per heavy atom. The maximum Gasteiger partial charge on any atom is 0.254 e. The first-order valence-corrected chi connectivity index (χ1v) is 10.6. The fraction of sp³-hybridized carbons (Fsp3) is 0.364. The van der Waals surface area contributed by atoms with E-state index in [1.54, 1.807) is 9.80 Å². The fourth-order valence-corrected chi connectivity index (χ4v) is 4.01. The third-order valence-electron chi connectivity index (χ3n) is 6.18. The van der Waals surface area contributed by atoms with Gasteiger partial charge in [-0.05, 0) is 41.7 Å². The molecule has 2 heterocycles. The molecule has 2 aliphatic heterocycles. The molecular weight excluding hydrogens is 396 g/mol. The van der Waals surface area contributed by atoms with Gasteiger partial charge in [0.05, 0.1) is 0 Å². The molecule has 3 fully saturated rings. The summed E-state index contributed by atoms with van der Waals surface area (Å²) in [7, 11) is 0. The van der Waals surface area contributed by atoms with Crippen LogP contribution in [0.1, 0.15) is 34.9 Å². The zero-order chi connectivity index (χ0) is 21.4. The highest BCUT2D eigenvalue weighted by Gasteiger charge is 2.50. The van der Waals surface area contributed by atoms with Gasteiger partial charge < -0.3 is 14.9 Å². The number of hydrazine groups is 3. The summed E-state index contributed by atoms with van der Waals surface area (Å²) < 4.78 is 0. The van der Waals surface area contributed by atoms with Gasteiger partial charge in [-0.1, -0.05) is 36.4 Å². The molecule has 0 atom stereocenters. The summed E-state index contributed by atoms with van der Waals surface area (Å²) in [4.78, 5) is 28.6. The van der Waals surface area contributed by atoms with Crippen molar-refractivity contribution in [2.24, 2.45) is 0 Å². The van der Waals surface area contributed by atoms with Gasteiger partial charge in [0.1, 0.15) is 11.8 Å². The fourth-order valence-electron chi connectivity index (χ4n) is 4.01. The van der Waals surface area contributed by atoms with Crippen molar-refractivity contribution in [3.63, 3.8) is 0 Å². The Morgan fingerprint density at radius 1 is 0.806 bits per heavy atom. The maximum atomic E-state index is 12.9. The van der Waals surface area contributed by atoms with Crippen molar-refractivity contribution < 1.29 is 14.7 Å². The smallest absolute Gasteiger partial charge is 0.254 e. The van der Waals surface area contributed by atoms with Gasteiger partial charge in [0, 0.05) is 31.7 Å². The molecule has 2 amide bonds. The molecule has 2 aromatic carbocycles. The zero-order valence-electron chi connectivity index (χ0n) is 17.1. The van der Waals surface area contributed by atoms with E-state index in [1.807, 2.05) is 36.4 Å². The Hall–Kier alpha value is -2.82. The molecule has 5 N–H and O–H groups in total. The quantitative estimate of drug-likeness (QED) is 0.482. The molecule has 2 aromatic rings. The van der Waals surface area contributed by atoms with Gasteiger partial charge in [0.2, 0.25) is 0 Å². The lowest BCUT2D eigenvalue weighted by atomic mass is 10.0. The molecule has 0 aromatic heterocycles. The number of rotatable bonds is 4. The Kier molecular flexibility index (Phi) is 5.20. The average molecular weight is 422 g/mol. The van der Waals surface area contributed by atoms with Crippen LogP contribution in [0.15, 0.2) is 48.5 Å². The lowest BCUT2D eigenvalue weighted by molar-refractivity contribution is -0.143. The normalized spacial score (nSPS) is 20.7. The highest BCUT2D eigenvalue weighted by Crippen LogP contribution is 2.37. The molecule has 1 aliphatic carbocycles. The van der Waals surface area contributed by atoms with Crippen LogP contribution in [0.3, 0.4) is 0 Å². The van der Waals surface area contributed by atoms with Crippen molar-refractivity contribution in [2.75, 3.05) is 26.2 Å². The molecular formula is C22H26N6O3. The van der Waals surface area contributed by atoms with Gasteiger partial charge >= 0.3 is 0 Å². The first kappa shape index (κ1) is 20.1. The number of carbonyl (C=O) groups excluding carboxylic acids is 2. The minimum Gasteiger partial charge on any atom is -0.380 e. The van der Waals surface area contributed by atoms with Crippen LogP contribution < -0.4 is 21.9 Å². The molecule has 2 saturated heterocycles. The first-order chi connectivity index (χ1) is 15.0. The van der Waals surface area contributed by atoms with Crippen molar-refractivity contribution in [2.45, 2.75) is 24.6 Å². The van der Waals surface area contributed by atoms with Gasteiger partial charge in [0.25, 0.3) is 11.8 Å². The number of piperazine rings is 1. The molecule has 0 radical (unpaired) electrons. The van der Waals surface area contributed by atoms with Gasteiger partial charge in [-0.2, -0.15) is 11.1 Å². The molecule has 162 valence electrons. The number of amides is 2. The van der Waals surface area contributed by atoms with Crippen LogP contribution in [0.4, 0.5) is 0 Å². The highest BCUT2D eigenvalue weighted by atomic mass is 16.3. The zero-order valence-corrected chi connectivity index (χ0v) is 17.1. The van der Waals surface area contributed by atoms with E-state index in [-0.39, 0.29) is 18.0 Å². The summed E-state index contributed by atoms with van der Waals surface area (Å²) in [6, 6.07) is 15.8. The van der Waals surface area contributed by atoms with E-state index in [2.05, 4.69) is 34.1 Å². The second-order valence-corrected chi connectivity index (χ2v) is 8.29. The number of hydrogen-bond acceptors (Lipinski definition) is 7. The molecule has 31 heavy (non-hydrogen) atoms. The van der Waals surface area contributed by atoms with Crippen LogP contribution in [0.25, 0.3) is 11.1 Å². The third-order valence-corrected chi connectivity index (χ3v) is 6.18. The minimum absolute atomic E-state index is 0.00278. The van der Waals surface area contributed by atoms with Crippen LogP contribution in [-0.2, 0) is 4.79 Å². The second-order valence-electron chi connectivity index (χ2n) is 8.29. The van der Waals surface area contributed by atoms with E-state index in [0.717, 1.165) is 16.7 Å². The standard InChI is InChI=1S/C22H26N6O3/c29-20(27-11-13-28(14-12-27)21(30)22(31)9-10-22)18-7-3-16(4-8-18)15-1-5-17(6-2-15)19-23-25-26-24-19/h1-8,19,23-26,31H,9-14H2. The van der Waals surface area contributed by atoms with Crippen LogP contribution in [0.2, 0.25) is 0 Å². The molecule has 5 rings (SSSR count). The Bertz CT molecular complexity index is 960. The Morgan fingerprint density at radius 3 is 1.87 bits per heavy atom. The summed E-state index contributed by atoms with van der Waals surface area (Å²) in [5.74, 6) is -0.223. The van der Waals surface area contributed by atoms with Crippen LogP contribution in [-0.4, -0.2) is 58.5 Å². The molecule has 0 bridgehead atoms. The third kappa shape index (κ3) is 4.06. The number of hydrogen-bond donors (Lipinski definition) is 5. The van der Waals surface area contributed by atoms with E-state index in [4.69, 9.17) is 0 Å². The van der Waals surface area contributed by atoms with E-state index in [0.29, 0.717) is 44.6 Å². The lowest BCUT2D eigenvalue weighted by Gasteiger charge is -2.35. The van der Waals surface area contributed by atoms with Gasteiger partial charge in [-0.3, -0.25) is 9.59 Å². The molecule has 9 heteroatoms. The van der Waals surface area contributed by atoms with Crippen molar-refractivity contribution in [1.29, 1.82) is 0 Å². The summed E-state index contributed by atoms with van der Waals surface area (Å²) in [6.07, 6.45) is 1.09. The van der Waals surface area contributed by atoms with Gasteiger partial charge in [-0.25, -0.2) is 10.9 Å². The number of aliphatic hydroxyl groups is 1. The van der Waals surface area contributed by atoms with Crippen molar-refractivity contribution in [3.05, 3.63) is 59.7 Å². The molecule has 0 unspecified atom stereocenters. The van der Waals surface area contributed by atoms with Crippen molar-refractivity contribution in [1.82, 2.24) is 31.7 Å². The lowest BCUT2D eigenvalue weighted by Crippen LogP contribution is -2.53. The molecule has 0 spiro atoms. The molecule has 3 aliphatic rings.